The number of nitrogens with one attached hydrogen (secondary N) is 2. The Bertz CT molecular complexity index is 459. The van der Waals surface area contributed by atoms with Crippen LogP contribution in [-0.2, 0) is 0 Å². The molecule has 0 spiro atoms. The fraction of sp³-hybridized carbons (Fsp3) is 0.769. The van der Waals surface area contributed by atoms with E-state index in [4.69, 9.17) is 0 Å². The Morgan fingerprint density at radius 1 is 1.52 bits per heavy atom. The van der Waals surface area contributed by atoms with Crippen molar-refractivity contribution in [2.45, 2.75) is 37.5 Å². The molecule has 21 heavy (non-hydrogen) atoms. The number of carbonyl (C=O) groups is 1. The Hall–Kier alpha value is -0.790. The highest BCUT2D eigenvalue weighted by atomic mass is 35.5. The maximum atomic E-state index is 12.1. The molecule has 1 aromatic heterocycles. The number of hydrogen-bond acceptors (Lipinski definition) is 5. The molecule has 0 aromatic carbocycles. The average Bonchev–Trinajstić information content (AvgIpc) is 2.96. The first kappa shape index (κ1) is 18.3. The van der Waals surface area contributed by atoms with E-state index in [1.807, 2.05) is 10.9 Å². The van der Waals surface area contributed by atoms with Crippen molar-refractivity contribution in [1.82, 2.24) is 25.6 Å². The zero-order valence-corrected chi connectivity index (χ0v) is 14.4. The van der Waals surface area contributed by atoms with Gasteiger partial charge in [0.05, 0.1) is 12.2 Å². The van der Waals surface area contributed by atoms with Gasteiger partial charge >= 0.3 is 0 Å². The smallest absolute Gasteiger partial charge is 0.273 e. The predicted molar refractivity (Wildman–Crippen MR) is 88.3 cm³/mol. The van der Waals surface area contributed by atoms with E-state index in [1.165, 1.54) is 0 Å². The molecule has 2 heterocycles. The minimum atomic E-state index is -0.146. The molecule has 0 radical (unpaired) electrons. The molecule has 0 saturated carbocycles. The van der Waals surface area contributed by atoms with Gasteiger partial charge in [-0.25, -0.2) is 4.68 Å². The molecular weight excluding hydrogens is 310 g/mol. The summed E-state index contributed by atoms with van der Waals surface area (Å²) in [6.07, 6.45) is 5.87. The molecule has 1 saturated heterocycles. The molecule has 1 aliphatic heterocycles. The number of carbonyl (C=O) groups excluding carboxylic acids is 1. The topological polar surface area (TPSA) is 71.8 Å². The fourth-order valence-corrected chi connectivity index (χ4v) is 2.30. The van der Waals surface area contributed by atoms with Crippen LogP contribution in [0, 0.1) is 0 Å². The number of amides is 1. The quantitative estimate of drug-likeness (QED) is 0.854. The largest absolute Gasteiger partial charge is 0.349 e. The lowest BCUT2D eigenvalue weighted by Crippen LogP contribution is -2.36. The van der Waals surface area contributed by atoms with Gasteiger partial charge in [0, 0.05) is 11.3 Å². The second-order valence-corrected chi connectivity index (χ2v) is 7.22. The van der Waals surface area contributed by atoms with Crippen LogP contribution in [0.15, 0.2) is 6.20 Å². The zero-order chi connectivity index (χ0) is 14.6. The Labute approximate surface area is 136 Å². The summed E-state index contributed by atoms with van der Waals surface area (Å²) in [5.41, 5.74) is 0.403. The van der Waals surface area contributed by atoms with E-state index in [1.54, 1.807) is 18.0 Å². The first-order valence-electron chi connectivity index (χ1n) is 6.98. The number of thioether (sulfide) groups is 1. The molecule has 0 bridgehead atoms. The van der Waals surface area contributed by atoms with Crippen LogP contribution in [-0.4, -0.2) is 51.5 Å². The third-order valence-corrected chi connectivity index (χ3v) is 4.90. The highest BCUT2D eigenvalue weighted by molar-refractivity contribution is 7.99. The van der Waals surface area contributed by atoms with Gasteiger partial charge in [-0.1, -0.05) is 5.21 Å². The molecule has 1 aliphatic rings. The summed E-state index contributed by atoms with van der Waals surface area (Å²) in [5, 5.41) is 14.3. The molecule has 0 unspecified atom stereocenters. The number of aromatic nitrogens is 3. The molecule has 2 rings (SSSR count). The molecule has 120 valence electrons. The van der Waals surface area contributed by atoms with Crippen LogP contribution in [0.5, 0.6) is 0 Å². The summed E-state index contributed by atoms with van der Waals surface area (Å²) >= 11 is 1.73. The van der Waals surface area contributed by atoms with E-state index in [-0.39, 0.29) is 23.1 Å². The second kappa shape index (κ2) is 8.00. The molecule has 1 fully saturated rings. The zero-order valence-electron chi connectivity index (χ0n) is 12.8. The Morgan fingerprint density at radius 3 is 2.81 bits per heavy atom. The van der Waals surface area contributed by atoms with Crippen molar-refractivity contribution in [3.05, 3.63) is 11.9 Å². The number of hydrogen-bond donors (Lipinski definition) is 2. The van der Waals surface area contributed by atoms with Crippen molar-refractivity contribution in [2.75, 3.05) is 25.9 Å². The molecule has 6 nitrogen and oxygen atoms in total. The normalized spacial score (nSPS) is 16.3. The molecular formula is C13H24ClN5OS. The van der Waals surface area contributed by atoms with E-state index < -0.39 is 0 Å². The lowest BCUT2D eigenvalue weighted by atomic mass is 10.1. The van der Waals surface area contributed by atoms with Gasteiger partial charge in [-0.15, -0.1) is 17.5 Å². The third-order valence-electron chi connectivity index (χ3n) is 3.65. The van der Waals surface area contributed by atoms with Gasteiger partial charge in [-0.3, -0.25) is 4.79 Å². The van der Waals surface area contributed by atoms with Crippen molar-refractivity contribution in [2.24, 2.45) is 0 Å². The van der Waals surface area contributed by atoms with Crippen LogP contribution in [0.3, 0.4) is 0 Å². The number of nitrogens with zero attached hydrogens (tertiary/aromatic N) is 3. The maximum absolute atomic E-state index is 12.1. The minimum absolute atomic E-state index is 0. The van der Waals surface area contributed by atoms with Crippen molar-refractivity contribution in [3.8, 4) is 0 Å². The number of halogens is 1. The monoisotopic (exact) mass is 333 g/mol. The Balaban J connectivity index is 0.00000220. The van der Waals surface area contributed by atoms with Gasteiger partial charge in [0.25, 0.3) is 5.91 Å². The molecule has 1 amide bonds. The van der Waals surface area contributed by atoms with Gasteiger partial charge in [0.1, 0.15) is 0 Å². The van der Waals surface area contributed by atoms with Gasteiger partial charge in [0.2, 0.25) is 0 Å². The summed E-state index contributed by atoms with van der Waals surface area (Å²) in [7, 11) is 0. The van der Waals surface area contributed by atoms with Gasteiger partial charge in [-0.2, -0.15) is 11.8 Å². The first-order chi connectivity index (χ1) is 9.52. The number of rotatable bonds is 5. The van der Waals surface area contributed by atoms with Crippen LogP contribution < -0.4 is 10.6 Å². The standard InChI is InChI=1S/C13H23N5OS.ClH/c1-13(2,20-3)9-15-12(19)11-8-18(17-16-11)10-4-6-14-7-5-10;/h8,10,14H,4-7,9H2,1-3H3,(H,15,19);1H. The summed E-state index contributed by atoms with van der Waals surface area (Å²) in [6, 6.07) is 0.355. The summed E-state index contributed by atoms with van der Waals surface area (Å²) < 4.78 is 1.86. The highest BCUT2D eigenvalue weighted by Crippen LogP contribution is 2.20. The van der Waals surface area contributed by atoms with Crippen LogP contribution in [0.4, 0.5) is 0 Å². The summed E-state index contributed by atoms with van der Waals surface area (Å²) in [4.78, 5) is 12.1. The summed E-state index contributed by atoms with van der Waals surface area (Å²) in [5.74, 6) is -0.146. The fourth-order valence-electron chi connectivity index (χ4n) is 2.09. The lowest BCUT2D eigenvalue weighted by molar-refractivity contribution is 0.0945. The maximum Gasteiger partial charge on any atom is 0.273 e. The van der Waals surface area contributed by atoms with Crippen molar-refractivity contribution in [3.63, 3.8) is 0 Å². The van der Waals surface area contributed by atoms with E-state index in [2.05, 4.69) is 34.8 Å². The molecule has 0 atom stereocenters. The SMILES string of the molecule is CSC(C)(C)CNC(=O)c1cn(C2CCNCC2)nn1.Cl. The van der Waals surface area contributed by atoms with Crippen molar-refractivity contribution < 1.29 is 4.79 Å². The molecule has 2 N–H and O–H groups in total. The van der Waals surface area contributed by atoms with Gasteiger partial charge < -0.3 is 10.6 Å². The minimum Gasteiger partial charge on any atom is -0.349 e. The lowest BCUT2D eigenvalue weighted by Gasteiger charge is -2.22. The molecule has 8 heteroatoms. The molecule has 1 aromatic rings. The second-order valence-electron chi connectivity index (χ2n) is 5.71. The van der Waals surface area contributed by atoms with E-state index in [0.29, 0.717) is 18.3 Å². The van der Waals surface area contributed by atoms with E-state index >= 15 is 0 Å². The van der Waals surface area contributed by atoms with Crippen LogP contribution in [0.2, 0.25) is 0 Å². The van der Waals surface area contributed by atoms with Crippen molar-refractivity contribution >= 4 is 30.1 Å². The van der Waals surface area contributed by atoms with E-state index in [9.17, 15) is 4.79 Å². The van der Waals surface area contributed by atoms with E-state index in [0.717, 1.165) is 25.9 Å². The average molecular weight is 334 g/mol. The third kappa shape index (κ3) is 5.16. The number of piperidine rings is 1. The van der Waals surface area contributed by atoms with Crippen LogP contribution in [0.1, 0.15) is 43.2 Å². The Morgan fingerprint density at radius 2 is 2.19 bits per heavy atom. The highest BCUT2D eigenvalue weighted by Gasteiger charge is 2.21. The van der Waals surface area contributed by atoms with Crippen molar-refractivity contribution in [1.29, 1.82) is 0 Å². The van der Waals surface area contributed by atoms with Gasteiger partial charge in [0.15, 0.2) is 5.69 Å². The first-order valence-corrected chi connectivity index (χ1v) is 8.20. The van der Waals surface area contributed by atoms with Crippen LogP contribution in [0.25, 0.3) is 0 Å². The Kier molecular flexibility index (Phi) is 6.96. The predicted octanol–water partition coefficient (Wildman–Crippen LogP) is 1.50. The molecule has 0 aliphatic carbocycles. The van der Waals surface area contributed by atoms with Gasteiger partial charge in [-0.05, 0) is 46.0 Å². The van der Waals surface area contributed by atoms with Crippen LogP contribution >= 0.6 is 24.2 Å². The summed E-state index contributed by atoms with van der Waals surface area (Å²) in [6.45, 7) is 6.81.